The molecule has 2 aliphatic carbocycles. The van der Waals surface area contributed by atoms with Crippen molar-refractivity contribution in [1.82, 2.24) is 10.2 Å². The Morgan fingerprint density at radius 1 is 1.04 bits per heavy atom. The molecule has 0 radical (unpaired) electrons. The van der Waals surface area contributed by atoms with Crippen LogP contribution in [0, 0.1) is 5.41 Å². The molecule has 1 heterocycles. The van der Waals surface area contributed by atoms with E-state index in [2.05, 4.69) is 19.2 Å². The molecule has 2 fully saturated rings. The van der Waals surface area contributed by atoms with Crippen LogP contribution in [0.15, 0.2) is 18.2 Å². The van der Waals surface area contributed by atoms with Gasteiger partial charge in [-0.2, -0.15) is 0 Å². The van der Waals surface area contributed by atoms with Gasteiger partial charge in [0.05, 0.1) is 11.1 Å². The van der Waals surface area contributed by atoms with Gasteiger partial charge in [0.25, 0.3) is 17.7 Å². The molecule has 1 aromatic rings. The Morgan fingerprint density at radius 3 is 2.41 bits per heavy atom. The van der Waals surface area contributed by atoms with Crippen molar-refractivity contribution in [3.8, 4) is 0 Å². The minimum absolute atomic E-state index is 0.00384. The fraction of sp³-hybridized carbons (Fsp3) is 0.591. The molecule has 3 amide bonds. The first kappa shape index (κ1) is 18.2. The average Bonchev–Trinajstić information content (AvgIpc) is 3.12. The third-order valence-corrected chi connectivity index (χ3v) is 6.42. The molecule has 0 saturated heterocycles. The number of hydrogen-bond acceptors (Lipinski definition) is 3. The molecule has 0 spiro atoms. The van der Waals surface area contributed by atoms with Crippen molar-refractivity contribution in [2.24, 2.45) is 5.41 Å². The molecule has 0 aromatic heterocycles. The van der Waals surface area contributed by atoms with Gasteiger partial charge in [0.15, 0.2) is 0 Å². The first-order valence-corrected chi connectivity index (χ1v) is 10.2. The predicted molar refractivity (Wildman–Crippen MR) is 103 cm³/mol. The van der Waals surface area contributed by atoms with E-state index in [1.165, 1.54) is 11.3 Å². The SMILES string of the molecule is CC1(C)CCC(NC(=O)c2ccc3c(c2)C(=O)N(C2CCCCC2)C3=O)C1. The lowest BCUT2D eigenvalue weighted by atomic mass is 9.92. The summed E-state index contributed by atoms with van der Waals surface area (Å²) in [5, 5.41) is 3.09. The average molecular weight is 368 g/mol. The van der Waals surface area contributed by atoms with Crippen LogP contribution >= 0.6 is 0 Å². The zero-order chi connectivity index (χ0) is 19.2. The zero-order valence-electron chi connectivity index (χ0n) is 16.2. The first-order valence-electron chi connectivity index (χ1n) is 10.2. The molecule has 1 aliphatic heterocycles. The van der Waals surface area contributed by atoms with Crippen LogP contribution in [-0.2, 0) is 0 Å². The number of amides is 3. The van der Waals surface area contributed by atoms with Crippen LogP contribution in [0.1, 0.15) is 96.3 Å². The lowest BCUT2D eigenvalue weighted by Gasteiger charge is -2.29. The van der Waals surface area contributed by atoms with E-state index >= 15 is 0 Å². The van der Waals surface area contributed by atoms with Crippen LogP contribution in [0.4, 0.5) is 0 Å². The van der Waals surface area contributed by atoms with Crippen LogP contribution in [0.2, 0.25) is 0 Å². The third kappa shape index (κ3) is 3.40. The smallest absolute Gasteiger partial charge is 0.261 e. The minimum Gasteiger partial charge on any atom is -0.349 e. The second-order valence-corrected chi connectivity index (χ2v) is 9.11. The molecule has 5 heteroatoms. The summed E-state index contributed by atoms with van der Waals surface area (Å²) in [7, 11) is 0. The zero-order valence-corrected chi connectivity index (χ0v) is 16.2. The van der Waals surface area contributed by atoms with Crippen LogP contribution in [0.25, 0.3) is 0 Å². The van der Waals surface area contributed by atoms with Crippen molar-refractivity contribution in [1.29, 1.82) is 0 Å². The monoisotopic (exact) mass is 368 g/mol. The predicted octanol–water partition coefficient (Wildman–Crippen LogP) is 3.92. The fourth-order valence-electron chi connectivity index (χ4n) is 4.90. The van der Waals surface area contributed by atoms with E-state index in [1.54, 1.807) is 18.2 Å². The molecule has 2 saturated carbocycles. The topological polar surface area (TPSA) is 66.5 Å². The van der Waals surface area contributed by atoms with Gasteiger partial charge in [0.1, 0.15) is 0 Å². The summed E-state index contributed by atoms with van der Waals surface area (Å²) in [5.41, 5.74) is 1.54. The Labute approximate surface area is 160 Å². The summed E-state index contributed by atoms with van der Waals surface area (Å²) in [6.45, 7) is 4.44. The molecule has 1 atom stereocenters. The van der Waals surface area contributed by atoms with Gasteiger partial charge in [-0.05, 0) is 55.7 Å². The van der Waals surface area contributed by atoms with Crippen molar-refractivity contribution in [2.75, 3.05) is 0 Å². The Balaban J connectivity index is 1.51. The van der Waals surface area contributed by atoms with Gasteiger partial charge in [-0.3, -0.25) is 19.3 Å². The van der Waals surface area contributed by atoms with E-state index in [9.17, 15) is 14.4 Å². The second kappa shape index (κ2) is 6.77. The molecule has 1 unspecified atom stereocenters. The van der Waals surface area contributed by atoms with Gasteiger partial charge in [-0.15, -0.1) is 0 Å². The number of benzene rings is 1. The van der Waals surface area contributed by atoms with Crippen LogP contribution < -0.4 is 5.32 Å². The summed E-state index contributed by atoms with van der Waals surface area (Å²) in [5.74, 6) is -0.596. The number of nitrogens with one attached hydrogen (secondary N) is 1. The van der Waals surface area contributed by atoms with E-state index in [-0.39, 0.29) is 35.2 Å². The van der Waals surface area contributed by atoms with Crippen LogP contribution in [-0.4, -0.2) is 34.7 Å². The van der Waals surface area contributed by atoms with E-state index in [1.807, 2.05) is 0 Å². The van der Waals surface area contributed by atoms with Crippen molar-refractivity contribution >= 4 is 17.7 Å². The minimum atomic E-state index is -0.237. The number of hydrogen-bond donors (Lipinski definition) is 1. The van der Waals surface area contributed by atoms with Gasteiger partial charge < -0.3 is 5.32 Å². The molecular formula is C22H28N2O3. The van der Waals surface area contributed by atoms with E-state index in [0.29, 0.717) is 16.7 Å². The van der Waals surface area contributed by atoms with Gasteiger partial charge >= 0.3 is 0 Å². The number of carbonyl (C=O) groups is 3. The molecule has 0 bridgehead atoms. The van der Waals surface area contributed by atoms with E-state index in [4.69, 9.17) is 0 Å². The molecule has 1 aromatic carbocycles. The highest BCUT2D eigenvalue weighted by atomic mass is 16.2. The second-order valence-electron chi connectivity index (χ2n) is 9.11. The molecule has 144 valence electrons. The molecule has 27 heavy (non-hydrogen) atoms. The van der Waals surface area contributed by atoms with Gasteiger partial charge in [-0.1, -0.05) is 33.1 Å². The lowest BCUT2D eigenvalue weighted by molar-refractivity contribution is 0.0548. The molecule has 4 rings (SSSR count). The Bertz CT molecular complexity index is 793. The third-order valence-electron chi connectivity index (χ3n) is 6.42. The number of carbonyl (C=O) groups excluding carboxylic acids is 3. The lowest BCUT2D eigenvalue weighted by Crippen LogP contribution is -2.40. The largest absolute Gasteiger partial charge is 0.349 e. The summed E-state index contributed by atoms with van der Waals surface area (Å²) in [6, 6.07) is 5.10. The Kier molecular flexibility index (Phi) is 4.57. The Hall–Kier alpha value is -2.17. The van der Waals surface area contributed by atoms with Crippen molar-refractivity contribution < 1.29 is 14.4 Å². The Morgan fingerprint density at radius 2 is 1.74 bits per heavy atom. The van der Waals surface area contributed by atoms with Crippen molar-refractivity contribution in [3.05, 3.63) is 34.9 Å². The highest BCUT2D eigenvalue weighted by Crippen LogP contribution is 2.37. The maximum Gasteiger partial charge on any atom is 0.261 e. The number of fused-ring (bicyclic) bond motifs is 1. The maximum atomic E-state index is 12.9. The molecule has 5 nitrogen and oxygen atoms in total. The standard InChI is InChI=1S/C22H28N2O3/c1-22(2)11-10-15(13-22)23-19(25)14-8-9-17-18(12-14)21(27)24(20(17)26)16-6-4-3-5-7-16/h8-9,12,15-16H,3-7,10-11,13H2,1-2H3,(H,23,25). The molecular weight excluding hydrogens is 340 g/mol. The van der Waals surface area contributed by atoms with E-state index < -0.39 is 0 Å². The first-order chi connectivity index (χ1) is 12.9. The van der Waals surface area contributed by atoms with Crippen molar-refractivity contribution in [3.63, 3.8) is 0 Å². The van der Waals surface area contributed by atoms with Crippen LogP contribution in [0.3, 0.4) is 0 Å². The molecule has 3 aliphatic rings. The van der Waals surface area contributed by atoms with Crippen molar-refractivity contribution in [2.45, 2.75) is 77.3 Å². The summed E-state index contributed by atoms with van der Waals surface area (Å²) in [4.78, 5) is 39.7. The number of imide groups is 1. The highest BCUT2D eigenvalue weighted by Gasteiger charge is 2.40. The number of rotatable bonds is 3. The molecule has 1 N–H and O–H groups in total. The van der Waals surface area contributed by atoms with Gasteiger partial charge in [0.2, 0.25) is 0 Å². The van der Waals surface area contributed by atoms with Crippen LogP contribution in [0.5, 0.6) is 0 Å². The number of nitrogens with zero attached hydrogens (tertiary/aromatic N) is 1. The summed E-state index contributed by atoms with van der Waals surface area (Å²) in [6.07, 6.45) is 8.11. The summed E-state index contributed by atoms with van der Waals surface area (Å²) >= 11 is 0. The quantitative estimate of drug-likeness (QED) is 0.822. The maximum absolute atomic E-state index is 12.9. The highest BCUT2D eigenvalue weighted by molar-refractivity contribution is 6.22. The summed E-state index contributed by atoms with van der Waals surface area (Å²) < 4.78 is 0. The fourth-order valence-corrected chi connectivity index (χ4v) is 4.90. The van der Waals surface area contributed by atoms with E-state index in [0.717, 1.165) is 44.9 Å². The van der Waals surface area contributed by atoms with Gasteiger partial charge in [0, 0.05) is 17.6 Å². The normalized spacial score (nSPS) is 25.0. The van der Waals surface area contributed by atoms with Gasteiger partial charge in [-0.25, -0.2) is 0 Å².